The van der Waals surface area contributed by atoms with Crippen molar-refractivity contribution in [2.45, 2.75) is 71.3 Å². The first-order chi connectivity index (χ1) is 18.1. The van der Waals surface area contributed by atoms with Crippen LogP contribution in [0.15, 0.2) is 35.9 Å². The van der Waals surface area contributed by atoms with E-state index in [2.05, 4.69) is 20.8 Å². The van der Waals surface area contributed by atoms with Crippen LogP contribution in [-0.2, 0) is 9.53 Å². The molecule has 1 aliphatic carbocycles. The summed E-state index contributed by atoms with van der Waals surface area (Å²) in [6.45, 7) is 8.22. The van der Waals surface area contributed by atoms with Crippen molar-refractivity contribution in [3.05, 3.63) is 52.6 Å². The molecule has 37 heavy (non-hydrogen) atoms. The van der Waals surface area contributed by atoms with Gasteiger partial charge in [-0.05, 0) is 66.3 Å². The fraction of sp³-hybridized carbons (Fsp3) is 0.516. The Morgan fingerprint density at radius 2 is 1.38 bits per heavy atom. The third-order valence-corrected chi connectivity index (χ3v) is 6.65. The number of carbonyl (C=O) groups excluding carboxylic acids is 1. The summed E-state index contributed by atoms with van der Waals surface area (Å²) in [4.78, 5) is 12.3. The van der Waals surface area contributed by atoms with Crippen molar-refractivity contribution < 1.29 is 28.5 Å². The monoisotopic (exact) mass is 510 g/mol. The molecule has 0 fully saturated rings. The number of fused-ring (bicyclic) bond motifs is 1. The van der Waals surface area contributed by atoms with E-state index in [0.717, 1.165) is 61.5 Å². The zero-order chi connectivity index (χ0) is 26.6. The van der Waals surface area contributed by atoms with Gasteiger partial charge in [-0.2, -0.15) is 0 Å². The number of ether oxygens (including phenoxy) is 5. The lowest BCUT2D eigenvalue weighted by atomic mass is 9.77. The first-order valence-electron chi connectivity index (χ1n) is 13.5. The van der Waals surface area contributed by atoms with Crippen molar-refractivity contribution in [2.24, 2.45) is 0 Å². The van der Waals surface area contributed by atoms with Crippen LogP contribution in [0, 0.1) is 0 Å². The van der Waals surface area contributed by atoms with Crippen LogP contribution < -0.4 is 18.9 Å². The molecule has 2 atom stereocenters. The van der Waals surface area contributed by atoms with Gasteiger partial charge in [-0.1, -0.05) is 46.1 Å². The zero-order valence-electron chi connectivity index (χ0n) is 23.0. The number of unbranched alkanes of at least 4 members (excludes halogenated alkanes) is 3. The lowest BCUT2D eigenvalue weighted by Gasteiger charge is -2.34. The first kappa shape index (κ1) is 28.6. The SMILES string of the molecule is CCCCOc1ccc([C@H]2c3cc(OCCCC)c(OC)cc3C=C(C=O)[C@@H]2OCCCC)cc1OC. The molecule has 0 heterocycles. The van der Waals surface area contributed by atoms with Crippen LogP contribution in [0.1, 0.15) is 81.9 Å². The van der Waals surface area contributed by atoms with Crippen molar-refractivity contribution in [1.82, 2.24) is 0 Å². The number of hydrogen-bond acceptors (Lipinski definition) is 6. The number of methoxy groups -OCH3 is 2. The van der Waals surface area contributed by atoms with E-state index in [-0.39, 0.29) is 5.92 Å². The van der Waals surface area contributed by atoms with E-state index >= 15 is 0 Å². The topological polar surface area (TPSA) is 63.2 Å². The minimum Gasteiger partial charge on any atom is -0.493 e. The summed E-state index contributed by atoms with van der Waals surface area (Å²) in [5.74, 6) is 2.50. The lowest BCUT2D eigenvalue weighted by Crippen LogP contribution is -2.30. The largest absolute Gasteiger partial charge is 0.493 e. The maximum absolute atomic E-state index is 12.3. The Morgan fingerprint density at radius 3 is 2.00 bits per heavy atom. The van der Waals surface area contributed by atoms with Gasteiger partial charge in [0.2, 0.25) is 0 Å². The Hall–Kier alpha value is -2.99. The molecule has 2 aromatic carbocycles. The first-order valence-corrected chi connectivity index (χ1v) is 13.5. The normalized spacial score (nSPS) is 16.5. The van der Waals surface area contributed by atoms with Gasteiger partial charge in [-0.15, -0.1) is 0 Å². The van der Waals surface area contributed by atoms with Crippen LogP contribution in [-0.4, -0.2) is 46.4 Å². The molecule has 6 heteroatoms. The Balaban J connectivity index is 2.11. The predicted octanol–water partition coefficient (Wildman–Crippen LogP) is 6.97. The average molecular weight is 511 g/mol. The van der Waals surface area contributed by atoms with Gasteiger partial charge in [0, 0.05) is 18.1 Å². The lowest BCUT2D eigenvalue weighted by molar-refractivity contribution is -0.106. The molecule has 0 radical (unpaired) electrons. The van der Waals surface area contributed by atoms with Gasteiger partial charge >= 0.3 is 0 Å². The molecule has 0 saturated heterocycles. The van der Waals surface area contributed by atoms with E-state index in [1.807, 2.05) is 36.4 Å². The molecule has 1 aliphatic rings. The Bertz CT molecular complexity index is 1040. The number of rotatable bonds is 16. The molecule has 0 N–H and O–H groups in total. The fourth-order valence-electron chi connectivity index (χ4n) is 4.53. The summed E-state index contributed by atoms with van der Waals surface area (Å²) >= 11 is 0. The Morgan fingerprint density at radius 1 is 0.757 bits per heavy atom. The summed E-state index contributed by atoms with van der Waals surface area (Å²) in [7, 11) is 3.29. The third kappa shape index (κ3) is 7.07. The summed E-state index contributed by atoms with van der Waals surface area (Å²) in [5, 5.41) is 0. The molecule has 0 amide bonds. The highest BCUT2D eigenvalue weighted by molar-refractivity contribution is 5.87. The highest BCUT2D eigenvalue weighted by Crippen LogP contribution is 2.45. The summed E-state index contributed by atoms with van der Waals surface area (Å²) in [6.07, 6.45) is 8.36. The van der Waals surface area contributed by atoms with Crippen LogP contribution in [0.3, 0.4) is 0 Å². The fourth-order valence-corrected chi connectivity index (χ4v) is 4.53. The van der Waals surface area contributed by atoms with Gasteiger partial charge in [0.15, 0.2) is 23.0 Å². The Labute approximate surface area is 221 Å². The highest BCUT2D eigenvalue weighted by Gasteiger charge is 2.35. The minimum absolute atomic E-state index is 0.227. The van der Waals surface area contributed by atoms with Gasteiger partial charge in [-0.25, -0.2) is 0 Å². The van der Waals surface area contributed by atoms with Crippen LogP contribution in [0.5, 0.6) is 23.0 Å². The van der Waals surface area contributed by atoms with Crippen molar-refractivity contribution in [2.75, 3.05) is 34.0 Å². The smallest absolute Gasteiger partial charge is 0.161 e. The van der Waals surface area contributed by atoms with Gasteiger partial charge < -0.3 is 23.7 Å². The molecule has 0 aromatic heterocycles. The maximum atomic E-state index is 12.3. The molecule has 0 saturated carbocycles. The number of hydrogen-bond donors (Lipinski definition) is 0. The quantitative estimate of drug-likeness (QED) is 0.179. The van der Waals surface area contributed by atoms with Gasteiger partial charge in [0.05, 0.1) is 33.5 Å². The number of aldehydes is 1. The second kappa shape index (κ2) is 14.7. The summed E-state index contributed by atoms with van der Waals surface area (Å²) in [5.41, 5.74) is 3.54. The molecular formula is C31H42O6. The van der Waals surface area contributed by atoms with Crippen molar-refractivity contribution in [1.29, 1.82) is 0 Å². The molecule has 202 valence electrons. The number of carbonyl (C=O) groups is 1. The molecule has 0 spiro atoms. The van der Waals surface area contributed by atoms with Crippen molar-refractivity contribution in [3.63, 3.8) is 0 Å². The van der Waals surface area contributed by atoms with E-state index in [1.54, 1.807) is 14.2 Å². The van der Waals surface area contributed by atoms with Crippen molar-refractivity contribution in [3.8, 4) is 23.0 Å². The minimum atomic E-state index is -0.426. The van der Waals surface area contributed by atoms with E-state index in [9.17, 15) is 4.79 Å². The zero-order valence-corrected chi connectivity index (χ0v) is 23.0. The van der Waals surface area contributed by atoms with Crippen LogP contribution >= 0.6 is 0 Å². The van der Waals surface area contributed by atoms with Gasteiger partial charge in [-0.3, -0.25) is 4.79 Å². The Kier molecular flexibility index (Phi) is 11.3. The standard InChI is InChI=1S/C31H42O6/c1-6-9-14-35-26-13-12-22(18-27(26)33-4)30-25-20-29(36-15-10-7-2)28(34-5)19-23(25)17-24(21-32)31(30)37-16-11-8-3/h12-13,17-21,30-31H,6-11,14-16H2,1-5H3/t30-,31-/m0/s1. The van der Waals surface area contributed by atoms with Crippen LogP contribution in [0.25, 0.3) is 6.08 Å². The molecular weight excluding hydrogens is 468 g/mol. The van der Waals surface area contributed by atoms with Crippen LogP contribution in [0.2, 0.25) is 0 Å². The van der Waals surface area contributed by atoms with Crippen LogP contribution in [0.4, 0.5) is 0 Å². The third-order valence-electron chi connectivity index (χ3n) is 6.65. The molecule has 0 aliphatic heterocycles. The summed E-state index contributed by atoms with van der Waals surface area (Å²) < 4.78 is 29.8. The average Bonchev–Trinajstić information content (AvgIpc) is 2.92. The molecule has 3 rings (SSSR count). The number of benzene rings is 2. The van der Waals surface area contributed by atoms with Crippen molar-refractivity contribution >= 4 is 12.4 Å². The molecule has 0 unspecified atom stereocenters. The van der Waals surface area contributed by atoms with Gasteiger partial charge in [0.1, 0.15) is 6.29 Å². The van der Waals surface area contributed by atoms with Gasteiger partial charge in [0.25, 0.3) is 0 Å². The predicted molar refractivity (Wildman–Crippen MR) is 147 cm³/mol. The maximum Gasteiger partial charge on any atom is 0.161 e. The second-order valence-corrected chi connectivity index (χ2v) is 9.33. The van der Waals surface area contributed by atoms with E-state index in [0.29, 0.717) is 48.4 Å². The second-order valence-electron chi connectivity index (χ2n) is 9.33. The molecule has 2 aromatic rings. The van der Waals surface area contributed by atoms with E-state index in [4.69, 9.17) is 23.7 Å². The summed E-state index contributed by atoms with van der Waals surface area (Å²) in [6, 6.07) is 9.99. The molecule has 0 bridgehead atoms. The highest BCUT2D eigenvalue weighted by atomic mass is 16.5. The van der Waals surface area contributed by atoms with E-state index in [1.165, 1.54) is 0 Å². The molecule has 6 nitrogen and oxygen atoms in total. The van der Waals surface area contributed by atoms with E-state index < -0.39 is 6.10 Å².